The van der Waals surface area contributed by atoms with Crippen molar-refractivity contribution in [1.82, 2.24) is 14.3 Å². The van der Waals surface area contributed by atoms with Crippen LogP contribution in [0, 0.1) is 0 Å². The van der Waals surface area contributed by atoms with Gasteiger partial charge in [0.25, 0.3) is 10.2 Å². The molecule has 21 heavy (non-hydrogen) atoms. The van der Waals surface area contributed by atoms with Crippen molar-refractivity contribution in [3.8, 4) is 0 Å². The molecule has 0 radical (unpaired) electrons. The van der Waals surface area contributed by atoms with Gasteiger partial charge in [0.2, 0.25) is 0 Å². The molecule has 0 bridgehead atoms. The molecule has 6 nitrogen and oxygen atoms in total. The molecule has 0 spiro atoms. The number of rotatable bonds is 7. The third kappa shape index (κ3) is 4.06. The molecular weight excluding hydrogens is 290 g/mol. The van der Waals surface area contributed by atoms with Gasteiger partial charge in [-0.2, -0.15) is 17.4 Å². The molecule has 1 aliphatic heterocycles. The molecule has 2 N–H and O–H groups in total. The van der Waals surface area contributed by atoms with Gasteiger partial charge in [-0.15, -0.1) is 0 Å². The maximum atomic E-state index is 12.5. The highest BCUT2D eigenvalue weighted by Crippen LogP contribution is 2.22. The van der Waals surface area contributed by atoms with E-state index in [9.17, 15) is 8.42 Å². The van der Waals surface area contributed by atoms with E-state index < -0.39 is 10.2 Å². The summed E-state index contributed by atoms with van der Waals surface area (Å²) in [6.45, 7) is 1.56. The van der Waals surface area contributed by atoms with Crippen molar-refractivity contribution in [2.45, 2.75) is 50.7 Å². The van der Waals surface area contributed by atoms with Crippen LogP contribution in [0.4, 0.5) is 0 Å². The molecular formula is C14H23N3O3S. The Morgan fingerprint density at radius 2 is 2.14 bits per heavy atom. The van der Waals surface area contributed by atoms with Gasteiger partial charge in [0.05, 0.1) is 12.8 Å². The SMILES string of the molecule is O=S(=O)(NCc1ccco1)N1CCCCC1CNC1CC1. The van der Waals surface area contributed by atoms with Crippen molar-refractivity contribution < 1.29 is 12.8 Å². The van der Waals surface area contributed by atoms with E-state index in [0.29, 0.717) is 18.3 Å². The molecule has 1 saturated carbocycles. The summed E-state index contributed by atoms with van der Waals surface area (Å²) in [6, 6.07) is 4.19. The summed E-state index contributed by atoms with van der Waals surface area (Å²) < 4.78 is 34.4. The normalized spacial score (nSPS) is 24.3. The zero-order valence-electron chi connectivity index (χ0n) is 12.1. The molecule has 2 heterocycles. The van der Waals surface area contributed by atoms with Crippen LogP contribution in [0.3, 0.4) is 0 Å². The molecule has 2 fully saturated rings. The first-order valence-electron chi connectivity index (χ1n) is 7.67. The Labute approximate surface area is 126 Å². The van der Waals surface area contributed by atoms with E-state index in [1.807, 2.05) is 0 Å². The molecule has 7 heteroatoms. The number of hydrogen-bond acceptors (Lipinski definition) is 4. The first kappa shape index (κ1) is 15.0. The second-order valence-corrected chi connectivity index (χ2v) is 7.56. The van der Waals surface area contributed by atoms with E-state index in [1.54, 1.807) is 22.7 Å². The van der Waals surface area contributed by atoms with Gasteiger partial charge in [0.1, 0.15) is 5.76 Å². The quantitative estimate of drug-likeness (QED) is 0.794. The van der Waals surface area contributed by atoms with Crippen LogP contribution in [-0.2, 0) is 16.8 Å². The van der Waals surface area contributed by atoms with Crippen LogP contribution >= 0.6 is 0 Å². The van der Waals surface area contributed by atoms with E-state index in [1.165, 1.54) is 12.8 Å². The van der Waals surface area contributed by atoms with Gasteiger partial charge < -0.3 is 9.73 Å². The lowest BCUT2D eigenvalue weighted by molar-refractivity contribution is 0.242. The summed E-state index contributed by atoms with van der Waals surface area (Å²) in [7, 11) is -3.45. The predicted molar refractivity (Wildman–Crippen MR) is 79.8 cm³/mol. The van der Waals surface area contributed by atoms with E-state index in [0.717, 1.165) is 25.8 Å². The minimum atomic E-state index is -3.45. The molecule has 0 amide bonds. The fourth-order valence-electron chi connectivity index (χ4n) is 2.74. The first-order valence-corrected chi connectivity index (χ1v) is 9.11. The maximum absolute atomic E-state index is 12.5. The first-order chi connectivity index (χ1) is 10.1. The Morgan fingerprint density at radius 3 is 2.86 bits per heavy atom. The molecule has 118 valence electrons. The average Bonchev–Trinajstić information content (AvgIpc) is 3.17. The maximum Gasteiger partial charge on any atom is 0.280 e. The third-order valence-corrected chi connectivity index (χ3v) is 5.72. The molecule has 1 aliphatic carbocycles. The average molecular weight is 313 g/mol. The fourth-order valence-corrected chi connectivity index (χ4v) is 4.18. The van der Waals surface area contributed by atoms with E-state index in [2.05, 4.69) is 10.0 Å². The summed E-state index contributed by atoms with van der Waals surface area (Å²) in [6.07, 6.45) is 6.95. The van der Waals surface area contributed by atoms with Gasteiger partial charge in [-0.05, 0) is 37.8 Å². The molecule has 3 rings (SSSR count). The van der Waals surface area contributed by atoms with Crippen molar-refractivity contribution in [3.63, 3.8) is 0 Å². The number of nitrogens with zero attached hydrogens (tertiary/aromatic N) is 1. The minimum absolute atomic E-state index is 0.0634. The molecule has 2 aliphatic rings. The highest BCUT2D eigenvalue weighted by molar-refractivity contribution is 7.87. The zero-order chi connectivity index (χ0) is 14.7. The molecule has 1 saturated heterocycles. The lowest BCUT2D eigenvalue weighted by atomic mass is 10.1. The Bertz CT molecular complexity index is 540. The Hall–Kier alpha value is -0.890. The van der Waals surface area contributed by atoms with Crippen molar-refractivity contribution >= 4 is 10.2 Å². The van der Waals surface area contributed by atoms with Crippen LogP contribution in [-0.4, -0.2) is 37.9 Å². The second kappa shape index (κ2) is 6.48. The number of hydrogen-bond donors (Lipinski definition) is 2. The van der Waals surface area contributed by atoms with Crippen LogP contribution in [0.15, 0.2) is 22.8 Å². The number of nitrogens with one attached hydrogen (secondary N) is 2. The Balaban J connectivity index is 1.59. The standard InChI is InChI=1S/C14H23N3O3S/c18-21(19,16-11-14-5-3-9-20-14)17-8-2-1-4-13(17)10-15-12-6-7-12/h3,5,9,12-13,15-16H,1-2,4,6-8,10-11H2. The van der Waals surface area contributed by atoms with Gasteiger partial charge in [-0.1, -0.05) is 6.42 Å². The monoisotopic (exact) mass is 313 g/mol. The Morgan fingerprint density at radius 1 is 1.29 bits per heavy atom. The molecule has 1 aromatic heterocycles. The van der Waals surface area contributed by atoms with Crippen LogP contribution in [0.2, 0.25) is 0 Å². The van der Waals surface area contributed by atoms with E-state index in [4.69, 9.17) is 4.42 Å². The van der Waals surface area contributed by atoms with Crippen molar-refractivity contribution in [3.05, 3.63) is 24.2 Å². The van der Waals surface area contributed by atoms with Crippen LogP contribution in [0.5, 0.6) is 0 Å². The smallest absolute Gasteiger partial charge is 0.280 e. The third-order valence-electron chi connectivity index (χ3n) is 4.11. The summed E-state index contributed by atoms with van der Waals surface area (Å²) in [4.78, 5) is 0. The van der Waals surface area contributed by atoms with Crippen molar-refractivity contribution in [2.75, 3.05) is 13.1 Å². The fraction of sp³-hybridized carbons (Fsp3) is 0.714. The van der Waals surface area contributed by atoms with Crippen LogP contribution < -0.4 is 10.0 Å². The van der Waals surface area contributed by atoms with Crippen LogP contribution in [0.1, 0.15) is 37.9 Å². The largest absolute Gasteiger partial charge is 0.468 e. The number of piperidine rings is 1. The van der Waals surface area contributed by atoms with E-state index in [-0.39, 0.29) is 12.6 Å². The molecule has 0 aromatic carbocycles. The summed E-state index contributed by atoms with van der Waals surface area (Å²) >= 11 is 0. The van der Waals surface area contributed by atoms with Gasteiger partial charge in [-0.3, -0.25) is 0 Å². The van der Waals surface area contributed by atoms with Crippen LogP contribution in [0.25, 0.3) is 0 Å². The highest BCUT2D eigenvalue weighted by atomic mass is 32.2. The molecule has 1 atom stereocenters. The van der Waals surface area contributed by atoms with Gasteiger partial charge >= 0.3 is 0 Å². The highest BCUT2D eigenvalue weighted by Gasteiger charge is 2.33. The van der Waals surface area contributed by atoms with Gasteiger partial charge in [0, 0.05) is 25.2 Å². The van der Waals surface area contributed by atoms with Gasteiger partial charge in [0.15, 0.2) is 0 Å². The van der Waals surface area contributed by atoms with Gasteiger partial charge in [-0.25, -0.2) is 0 Å². The molecule has 1 unspecified atom stereocenters. The van der Waals surface area contributed by atoms with E-state index >= 15 is 0 Å². The summed E-state index contributed by atoms with van der Waals surface area (Å²) in [5, 5.41) is 3.45. The second-order valence-electron chi connectivity index (χ2n) is 5.85. The van der Waals surface area contributed by atoms with Crippen molar-refractivity contribution in [1.29, 1.82) is 0 Å². The molecule has 1 aromatic rings. The number of furan rings is 1. The topological polar surface area (TPSA) is 74.6 Å². The van der Waals surface area contributed by atoms with Crippen molar-refractivity contribution in [2.24, 2.45) is 0 Å². The summed E-state index contributed by atoms with van der Waals surface area (Å²) in [5.41, 5.74) is 0. The predicted octanol–water partition coefficient (Wildman–Crippen LogP) is 1.22. The lowest BCUT2D eigenvalue weighted by Gasteiger charge is -2.34. The minimum Gasteiger partial charge on any atom is -0.468 e. The Kier molecular flexibility index (Phi) is 4.63. The zero-order valence-corrected chi connectivity index (χ0v) is 12.9. The lowest BCUT2D eigenvalue weighted by Crippen LogP contribution is -2.52. The summed E-state index contributed by atoms with van der Waals surface area (Å²) in [5.74, 6) is 0.628.